The number of hydrogen-bond donors (Lipinski definition) is 0. The molecule has 3 aromatic carbocycles. The summed E-state index contributed by atoms with van der Waals surface area (Å²) in [4.78, 5) is 12.7. The Bertz CT molecular complexity index is 1210. The highest BCUT2D eigenvalue weighted by Gasteiger charge is 2.11. The summed E-state index contributed by atoms with van der Waals surface area (Å²) in [6.45, 7) is 6.51. The van der Waals surface area contributed by atoms with Gasteiger partial charge < -0.3 is 4.42 Å². The lowest BCUT2D eigenvalue weighted by atomic mass is 10.00. The zero-order valence-corrected chi connectivity index (χ0v) is 17.7. The third-order valence-corrected chi connectivity index (χ3v) is 7.19. The van der Waals surface area contributed by atoms with Gasteiger partial charge in [0.15, 0.2) is 0 Å². The zero-order valence-electron chi connectivity index (χ0n) is 15.7. The van der Waals surface area contributed by atoms with Crippen molar-refractivity contribution in [1.29, 1.82) is 0 Å². The molecule has 1 heterocycles. The number of benzene rings is 3. The van der Waals surface area contributed by atoms with Gasteiger partial charge in [0, 0.05) is 5.39 Å². The van der Waals surface area contributed by atoms with Crippen molar-refractivity contribution in [2.75, 3.05) is 13.3 Å². The Kier molecular flexibility index (Phi) is 5.13. The number of fused-ring (bicyclic) bond motifs is 2. The van der Waals surface area contributed by atoms with E-state index in [1.54, 1.807) is 0 Å². The molecule has 4 rings (SSSR count). The molecule has 4 heteroatoms. The van der Waals surface area contributed by atoms with Gasteiger partial charge in [0.05, 0.1) is 5.56 Å². The van der Waals surface area contributed by atoms with E-state index in [0.29, 0.717) is 19.7 Å². The fourth-order valence-corrected chi connectivity index (χ4v) is 5.47. The first-order chi connectivity index (χ1) is 13.1. The molecule has 2 nitrogen and oxygen atoms in total. The standard InChI is InChI=1S/C23H22O2P2/c1-4-14-5-6-16-10-17(8-7-15(16)9-14)19-11-18-12-21(26-2)22(27-3)13-20(18)25-23(19)24/h5-13,26-27H,4H2,1-3H3. The minimum Gasteiger partial charge on any atom is -0.422 e. The molecule has 0 bridgehead atoms. The molecular weight excluding hydrogens is 370 g/mol. The number of rotatable bonds is 4. The van der Waals surface area contributed by atoms with Crippen molar-refractivity contribution in [1.82, 2.24) is 0 Å². The predicted octanol–water partition coefficient (Wildman–Crippen LogP) is 5.04. The summed E-state index contributed by atoms with van der Waals surface area (Å²) in [5.74, 6) is 0. The molecule has 2 unspecified atom stereocenters. The number of hydrogen-bond acceptors (Lipinski definition) is 2. The van der Waals surface area contributed by atoms with E-state index in [1.165, 1.54) is 21.6 Å². The van der Waals surface area contributed by atoms with Gasteiger partial charge in [-0.3, -0.25) is 0 Å². The molecule has 0 saturated heterocycles. The summed E-state index contributed by atoms with van der Waals surface area (Å²) in [5, 5.41) is 5.98. The van der Waals surface area contributed by atoms with Gasteiger partial charge in [-0.05, 0) is 76.5 Å². The topological polar surface area (TPSA) is 30.2 Å². The summed E-state index contributed by atoms with van der Waals surface area (Å²) in [5.41, 5.74) is 3.26. The van der Waals surface area contributed by atoms with Crippen LogP contribution < -0.4 is 16.2 Å². The largest absolute Gasteiger partial charge is 0.422 e. The molecule has 1 aromatic heterocycles. The molecule has 0 fully saturated rings. The van der Waals surface area contributed by atoms with Crippen LogP contribution in [-0.2, 0) is 6.42 Å². The maximum absolute atomic E-state index is 12.7. The van der Waals surface area contributed by atoms with Crippen LogP contribution in [0.25, 0.3) is 32.9 Å². The predicted molar refractivity (Wildman–Crippen MR) is 123 cm³/mol. The lowest BCUT2D eigenvalue weighted by molar-refractivity contribution is 0.564. The van der Waals surface area contributed by atoms with Gasteiger partial charge in [0.2, 0.25) is 0 Å². The van der Waals surface area contributed by atoms with E-state index < -0.39 is 0 Å². The van der Waals surface area contributed by atoms with Crippen LogP contribution in [0.2, 0.25) is 0 Å². The highest BCUT2D eigenvalue weighted by Crippen LogP contribution is 2.26. The lowest BCUT2D eigenvalue weighted by Gasteiger charge is -2.09. The van der Waals surface area contributed by atoms with Crippen molar-refractivity contribution >= 4 is 49.5 Å². The summed E-state index contributed by atoms with van der Waals surface area (Å²) < 4.78 is 5.69. The van der Waals surface area contributed by atoms with E-state index in [1.807, 2.05) is 18.2 Å². The van der Waals surface area contributed by atoms with Gasteiger partial charge in [-0.15, -0.1) is 0 Å². The van der Waals surface area contributed by atoms with Crippen molar-refractivity contribution in [3.05, 3.63) is 70.6 Å². The molecule has 0 amide bonds. The Morgan fingerprint density at radius 1 is 0.815 bits per heavy atom. The number of aryl methyl sites for hydroxylation is 1. The maximum Gasteiger partial charge on any atom is 0.344 e. The van der Waals surface area contributed by atoms with E-state index in [2.05, 4.69) is 56.7 Å². The smallest absolute Gasteiger partial charge is 0.344 e. The summed E-state index contributed by atoms with van der Waals surface area (Å²) in [7, 11) is 1.43. The minimum absolute atomic E-state index is 0.274. The van der Waals surface area contributed by atoms with Gasteiger partial charge in [-0.25, -0.2) is 4.79 Å². The fourth-order valence-electron chi connectivity index (χ4n) is 3.46. The quantitative estimate of drug-likeness (QED) is 0.360. The zero-order chi connectivity index (χ0) is 19.0. The van der Waals surface area contributed by atoms with Crippen LogP contribution >= 0.6 is 17.2 Å². The second kappa shape index (κ2) is 7.55. The van der Waals surface area contributed by atoms with Crippen molar-refractivity contribution in [3.8, 4) is 11.1 Å². The third-order valence-electron chi connectivity index (χ3n) is 5.03. The van der Waals surface area contributed by atoms with Crippen molar-refractivity contribution in [2.45, 2.75) is 13.3 Å². The first-order valence-corrected chi connectivity index (χ1v) is 12.1. The van der Waals surface area contributed by atoms with Crippen LogP contribution in [0.3, 0.4) is 0 Å². The van der Waals surface area contributed by atoms with E-state index in [9.17, 15) is 4.79 Å². The molecule has 0 aliphatic carbocycles. The Hall–Kier alpha value is -2.01. The molecule has 0 aliphatic rings. The average molecular weight is 392 g/mol. The maximum atomic E-state index is 12.7. The molecule has 0 spiro atoms. The molecule has 2 atom stereocenters. The van der Waals surface area contributed by atoms with Gasteiger partial charge >= 0.3 is 5.63 Å². The molecule has 4 aromatic rings. The van der Waals surface area contributed by atoms with Crippen molar-refractivity contribution < 1.29 is 4.42 Å². The second-order valence-electron chi connectivity index (χ2n) is 6.63. The molecular formula is C23H22O2P2. The lowest BCUT2D eigenvalue weighted by Crippen LogP contribution is -2.15. The van der Waals surface area contributed by atoms with Crippen LogP contribution in [0.15, 0.2) is 63.8 Å². The summed E-state index contributed by atoms with van der Waals surface area (Å²) >= 11 is 0. The molecule has 0 saturated carbocycles. The Labute approximate surface area is 162 Å². The van der Waals surface area contributed by atoms with Crippen LogP contribution in [0.5, 0.6) is 0 Å². The van der Waals surface area contributed by atoms with Crippen molar-refractivity contribution in [3.63, 3.8) is 0 Å². The summed E-state index contributed by atoms with van der Waals surface area (Å²) in [6, 6.07) is 18.9. The van der Waals surface area contributed by atoms with E-state index in [4.69, 9.17) is 4.42 Å². The van der Waals surface area contributed by atoms with Gasteiger partial charge in [0.25, 0.3) is 0 Å². The highest BCUT2D eigenvalue weighted by atomic mass is 31.1. The Balaban J connectivity index is 1.88. The molecule has 136 valence electrons. The first-order valence-electron chi connectivity index (χ1n) is 9.13. The average Bonchev–Trinajstić information content (AvgIpc) is 2.71. The van der Waals surface area contributed by atoms with E-state index in [0.717, 1.165) is 31.3 Å². The van der Waals surface area contributed by atoms with Crippen LogP contribution in [0, 0.1) is 0 Å². The normalized spacial score (nSPS) is 12.3. The monoisotopic (exact) mass is 392 g/mol. The van der Waals surface area contributed by atoms with Gasteiger partial charge in [-0.1, -0.05) is 54.4 Å². The molecule has 0 radical (unpaired) electrons. The Morgan fingerprint density at radius 2 is 1.52 bits per heavy atom. The van der Waals surface area contributed by atoms with Crippen LogP contribution in [-0.4, -0.2) is 13.3 Å². The third kappa shape index (κ3) is 3.45. The van der Waals surface area contributed by atoms with Gasteiger partial charge in [-0.2, -0.15) is 0 Å². The Morgan fingerprint density at radius 3 is 2.26 bits per heavy atom. The van der Waals surface area contributed by atoms with E-state index >= 15 is 0 Å². The fraction of sp³-hybridized carbons (Fsp3) is 0.174. The SMILES string of the molecule is CCc1ccc2cc(-c3cc4cc(PC)c(PC)cc4oc3=O)ccc2c1. The highest BCUT2D eigenvalue weighted by molar-refractivity contribution is 7.53. The van der Waals surface area contributed by atoms with E-state index in [-0.39, 0.29) is 5.63 Å². The first kappa shape index (κ1) is 18.4. The summed E-state index contributed by atoms with van der Waals surface area (Å²) in [6.07, 6.45) is 1.02. The molecule has 0 N–H and O–H groups in total. The van der Waals surface area contributed by atoms with Crippen molar-refractivity contribution in [2.24, 2.45) is 0 Å². The van der Waals surface area contributed by atoms with Gasteiger partial charge in [0.1, 0.15) is 5.58 Å². The van der Waals surface area contributed by atoms with Crippen LogP contribution in [0.4, 0.5) is 0 Å². The second-order valence-corrected chi connectivity index (χ2v) is 8.71. The minimum atomic E-state index is -0.274. The molecule has 0 aliphatic heterocycles. The van der Waals surface area contributed by atoms with Crippen LogP contribution in [0.1, 0.15) is 12.5 Å². The molecule has 27 heavy (non-hydrogen) atoms.